The van der Waals surface area contributed by atoms with Crippen molar-refractivity contribution in [3.05, 3.63) is 0 Å². The van der Waals surface area contributed by atoms with E-state index in [1.807, 2.05) is 18.7 Å². The lowest BCUT2D eigenvalue weighted by molar-refractivity contribution is -0.126. The summed E-state index contributed by atoms with van der Waals surface area (Å²) < 4.78 is 5.06. The third-order valence-corrected chi connectivity index (χ3v) is 3.82. The van der Waals surface area contributed by atoms with E-state index in [1.165, 1.54) is 12.2 Å². The highest BCUT2D eigenvalue weighted by molar-refractivity contribution is 7.99. The van der Waals surface area contributed by atoms with Gasteiger partial charge in [-0.05, 0) is 31.9 Å². The summed E-state index contributed by atoms with van der Waals surface area (Å²) in [5.41, 5.74) is 0. The van der Waals surface area contributed by atoms with E-state index in [1.54, 1.807) is 0 Å². The van der Waals surface area contributed by atoms with Crippen molar-refractivity contribution in [2.24, 2.45) is 0 Å². The van der Waals surface area contributed by atoms with Gasteiger partial charge in [0, 0.05) is 17.9 Å². The zero-order valence-electron chi connectivity index (χ0n) is 9.62. The minimum Gasteiger partial charge on any atom is -0.372 e. The smallest absolute Gasteiger partial charge is 0.246 e. The van der Waals surface area contributed by atoms with Crippen molar-refractivity contribution in [2.75, 3.05) is 19.0 Å². The maximum absolute atomic E-state index is 11.4. The molecule has 1 N–H and O–H groups in total. The maximum atomic E-state index is 11.4. The van der Waals surface area contributed by atoms with Crippen molar-refractivity contribution in [3.8, 4) is 0 Å². The molecule has 1 aliphatic rings. The van der Waals surface area contributed by atoms with Gasteiger partial charge in [-0.1, -0.05) is 6.92 Å². The van der Waals surface area contributed by atoms with Crippen molar-refractivity contribution < 1.29 is 9.53 Å². The van der Waals surface area contributed by atoms with E-state index < -0.39 is 0 Å². The molecule has 2 unspecified atom stereocenters. The zero-order valence-corrected chi connectivity index (χ0v) is 10.4. The minimum absolute atomic E-state index is 0.0315. The van der Waals surface area contributed by atoms with Crippen LogP contribution in [-0.2, 0) is 9.53 Å². The number of hydrogen-bond donors (Lipinski definition) is 1. The van der Waals surface area contributed by atoms with Crippen LogP contribution >= 0.6 is 11.8 Å². The summed E-state index contributed by atoms with van der Waals surface area (Å²) in [6, 6.07) is 0.377. The second kappa shape index (κ2) is 7.12. The SMILES string of the molecule is CCOCC(=O)NC1CCC(SCC)C1. The Balaban J connectivity index is 2.15. The summed E-state index contributed by atoms with van der Waals surface area (Å²) in [4.78, 5) is 11.4. The Morgan fingerprint density at radius 3 is 2.93 bits per heavy atom. The van der Waals surface area contributed by atoms with E-state index in [4.69, 9.17) is 4.74 Å². The molecule has 2 atom stereocenters. The molecular weight excluding hydrogens is 210 g/mol. The Hall–Kier alpha value is -0.220. The largest absolute Gasteiger partial charge is 0.372 e. The zero-order chi connectivity index (χ0) is 11.1. The number of rotatable bonds is 6. The molecule has 0 bridgehead atoms. The van der Waals surface area contributed by atoms with Crippen molar-refractivity contribution in [3.63, 3.8) is 0 Å². The molecule has 1 rings (SSSR count). The molecule has 1 aliphatic carbocycles. The van der Waals surface area contributed by atoms with Gasteiger partial charge in [0.25, 0.3) is 0 Å². The highest BCUT2D eigenvalue weighted by Gasteiger charge is 2.25. The second-order valence-electron chi connectivity index (χ2n) is 3.79. The molecule has 0 spiro atoms. The quantitative estimate of drug-likeness (QED) is 0.757. The Morgan fingerprint density at radius 2 is 2.27 bits per heavy atom. The van der Waals surface area contributed by atoms with Gasteiger partial charge in [-0.2, -0.15) is 11.8 Å². The van der Waals surface area contributed by atoms with Gasteiger partial charge in [0.15, 0.2) is 0 Å². The van der Waals surface area contributed by atoms with E-state index in [0.29, 0.717) is 12.6 Å². The standard InChI is InChI=1S/C11H21NO2S/c1-3-14-8-11(13)12-9-5-6-10(7-9)15-4-2/h9-10H,3-8H2,1-2H3,(H,12,13). The lowest BCUT2D eigenvalue weighted by Crippen LogP contribution is -2.35. The average molecular weight is 231 g/mol. The maximum Gasteiger partial charge on any atom is 0.246 e. The summed E-state index contributed by atoms with van der Waals surface area (Å²) in [6.45, 7) is 4.90. The molecule has 0 aromatic carbocycles. The Morgan fingerprint density at radius 1 is 1.47 bits per heavy atom. The third kappa shape index (κ3) is 4.89. The van der Waals surface area contributed by atoms with Gasteiger partial charge in [0.2, 0.25) is 5.91 Å². The molecular formula is C11H21NO2S. The molecule has 0 aliphatic heterocycles. The molecule has 0 aromatic rings. The molecule has 88 valence electrons. The molecule has 1 amide bonds. The van der Waals surface area contributed by atoms with E-state index in [9.17, 15) is 4.79 Å². The first-order valence-electron chi connectivity index (χ1n) is 5.75. The van der Waals surface area contributed by atoms with Crippen LogP contribution in [0.15, 0.2) is 0 Å². The van der Waals surface area contributed by atoms with Crippen molar-refractivity contribution in [1.29, 1.82) is 0 Å². The summed E-state index contributed by atoms with van der Waals surface area (Å²) in [5, 5.41) is 3.77. The van der Waals surface area contributed by atoms with Gasteiger partial charge in [0.05, 0.1) is 0 Å². The normalized spacial score (nSPS) is 25.5. The fraction of sp³-hybridized carbons (Fsp3) is 0.909. The molecule has 1 saturated carbocycles. The molecule has 0 radical (unpaired) electrons. The topological polar surface area (TPSA) is 38.3 Å². The number of carbonyl (C=O) groups is 1. The van der Waals surface area contributed by atoms with Crippen LogP contribution in [-0.4, -0.2) is 36.2 Å². The fourth-order valence-corrected chi connectivity index (χ4v) is 3.06. The van der Waals surface area contributed by atoms with Gasteiger partial charge in [-0.15, -0.1) is 0 Å². The van der Waals surface area contributed by atoms with Crippen molar-refractivity contribution >= 4 is 17.7 Å². The van der Waals surface area contributed by atoms with Crippen LogP contribution in [0.2, 0.25) is 0 Å². The van der Waals surface area contributed by atoms with Gasteiger partial charge >= 0.3 is 0 Å². The van der Waals surface area contributed by atoms with E-state index in [0.717, 1.165) is 18.1 Å². The Kier molecular flexibility index (Phi) is 6.10. The summed E-state index contributed by atoms with van der Waals surface area (Å²) in [5.74, 6) is 1.20. The van der Waals surface area contributed by atoms with Crippen LogP contribution in [0.1, 0.15) is 33.1 Å². The number of thioether (sulfide) groups is 1. The monoisotopic (exact) mass is 231 g/mol. The van der Waals surface area contributed by atoms with Gasteiger partial charge in [-0.3, -0.25) is 4.79 Å². The fourth-order valence-electron chi connectivity index (χ4n) is 1.92. The van der Waals surface area contributed by atoms with E-state index >= 15 is 0 Å². The predicted molar refractivity (Wildman–Crippen MR) is 64.2 cm³/mol. The summed E-state index contributed by atoms with van der Waals surface area (Å²) in [6.07, 6.45) is 3.48. The molecule has 0 heterocycles. The highest BCUT2D eigenvalue weighted by Crippen LogP contribution is 2.29. The number of ether oxygens (including phenoxy) is 1. The number of nitrogens with one attached hydrogen (secondary N) is 1. The molecule has 0 saturated heterocycles. The van der Waals surface area contributed by atoms with Gasteiger partial charge < -0.3 is 10.1 Å². The van der Waals surface area contributed by atoms with Crippen LogP contribution in [0, 0.1) is 0 Å². The summed E-state index contributed by atoms with van der Waals surface area (Å²) in [7, 11) is 0. The third-order valence-electron chi connectivity index (χ3n) is 2.59. The van der Waals surface area contributed by atoms with Crippen molar-refractivity contribution in [1.82, 2.24) is 5.32 Å². The summed E-state index contributed by atoms with van der Waals surface area (Å²) >= 11 is 2.01. The first-order chi connectivity index (χ1) is 7.26. The number of amides is 1. The molecule has 1 fully saturated rings. The minimum atomic E-state index is 0.0315. The Bertz CT molecular complexity index is 199. The Labute approximate surface area is 96.3 Å². The number of hydrogen-bond acceptors (Lipinski definition) is 3. The highest BCUT2D eigenvalue weighted by atomic mass is 32.2. The van der Waals surface area contributed by atoms with Crippen LogP contribution in [0.3, 0.4) is 0 Å². The first-order valence-corrected chi connectivity index (χ1v) is 6.79. The van der Waals surface area contributed by atoms with Gasteiger partial charge in [-0.25, -0.2) is 0 Å². The number of carbonyl (C=O) groups excluding carboxylic acids is 1. The van der Waals surface area contributed by atoms with E-state index in [-0.39, 0.29) is 12.5 Å². The van der Waals surface area contributed by atoms with Crippen LogP contribution in [0.25, 0.3) is 0 Å². The van der Waals surface area contributed by atoms with Crippen LogP contribution in [0.5, 0.6) is 0 Å². The lowest BCUT2D eigenvalue weighted by Gasteiger charge is -2.12. The average Bonchev–Trinajstić information content (AvgIpc) is 2.63. The van der Waals surface area contributed by atoms with E-state index in [2.05, 4.69) is 12.2 Å². The molecule has 0 aromatic heterocycles. The second-order valence-corrected chi connectivity index (χ2v) is 5.37. The lowest BCUT2D eigenvalue weighted by atomic mass is 10.2. The molecule has 4 heteroatoms. The molecule has 3 nitrogen and oxygen atoms in total. The predicted octanol–water partition coefficient (Wildman–Crippen LogP) is 1.81. The molecule has 15 heavy (non-hydrogen) atoms. The van der Waals surface area contributed by atoms with Crippen molar-refractivity contribution in [2.45, 2.75) is 44.4 Å². The first kappa shape index (κ1) is 12.8. The van der Waals surface area contributed by atoms with Crippen LogP contribution < -0.4 is 5.32 Å². The van der Waals surface area contributed by atoms with Gasteiger partial charge in [0.1, 0.15) is 6.61 Å². The van der Waals surface area contributed by atoms with Crippen LogP contribution in [0.4, 0.5) is 0 Å².